The number of hydrogen-bond donors (Lipinski definition) is 1. The molecule has 1 saturated heterocycles. The molecule has 1 aliphatic heterocycles. The second kappa shape index (κ2) is 9.65. The lowest BCUT2D eigenvalue weighted by atomic mass is 9.91. The van der Waals surface area contributed by atoms with E-state index in [-0.39, 0.29) is 11.8 Å². The molecule has 4 heteroatoms. The first kappa shape index (κ1) is 19.6. The van der Waals surface area contributed by atoms with E-state index in [0.29, 0.717) is 19.0 Å². The van der Waals surface area contributed by atoms with Gasteiger partial charge in [-0.2, -0.15) is 0 Å². The molecular formula is C23H31N3O. The van der Waals surface area contributed by atoms with Gasteiger partial charge in [-0.15, -0.1) is 0 Å². The molecule has 1 N–H and O–H groups in total. The van der Waals surface area contributed by atoms with E-state index < -0.39 is 0 Å². The minimum atomic E-state index is -0.179. The maximum Gasteiger partial charge on any atom is 0.227 e. The van der Waals surface area contributed by atoms with Crippen LogP contribution < -0.4 is 5.32 Å². The Kier molecular flexibility index (Phi) is 6.99. The van der Waals surface area contributed by atoms with Crippen LogP contribution in [-0.2, 0) is 11.2 Å². The van der Waals surface area contributed by atoms with Crippen LogP contribution in [0.25, 0.3) is 0 Å². The zero-order valence-corrected chi connectivity index (χ0v) is 16.5. The number of piperidine rings is 1. The van der Waals surface area contributed by atoms with Crippen molar-refractivity contribution in [3.8, 4) is 0 Å². The first-order valence-corrected chi connectivity index (χ1v) is 10.1. The summed E-state index contributed by atoms with van der Waals surface area (Å²) in [5, 5.41) is 3.21. The van der Waals surface area contributed by atoms with Gasteiger partial charge in [-0.05, 0) is 68.5 Å². The summed E-state index contributed by atoms with van der Waals surface area (Å²) < 4.78 is 0. The van der Waals surface area contributed by atoms with Crippen LogP contribution in [0, 0.1) is 5.92 Å². The quantitative estimate of drug-likeness (QED) is 0.815. The van der Waals surface area contributed by atoms with Crippen molar-refractivity contribution >= 4 is 5.91 Å². The summed E-state index contributed by atoms with van der Waals surface area (Å²) in [5.41, 5.74) is 2.19. The fourth-order valence-electron chi connectivity index (χ4n) is 3.77. The minimum absolute atomic E-state index is 0.107. The standard InChI is InChI=1S/C23H31N3O/c1-18-10-14-26(15-11-18)19(2)17-25-23(27)22(21-6-4-3-5-7-21)16-20-8-12-24-13-9-20/h3-9,12-13,18-19,22H,10-11,14-17H2,1-2H3,(H,25,27). The van der Waals surface area contributed by atoms with Gasteiger partial charge in [0.2, 0.25) is 5.91 Å². The van der Waals surface area contributed by atoms with Gasteiger partial charge in [-0.25, -0.2) is 0 Å². The Bertz CT molecular complexity index is 696. The lowest BCUT2D eigenvalue weighted by Gasteiger charge is -2.35. The van der Waals surface area contributed by atoms with Crippen LogP contribution in [0.5, 0.6) is 0 Å². The lowest BCUT2D eigenvalue weighted by Crippen LogP contribution is -2.46. The van der Waals surface area contributed by atoms with Gasteiger partial charge in [0, 0.05) is 25.0 Å². The summed E-state index contributed by atoms with van der Waals surface area (Å²) >= 11 is 0. The maximum atomic E-state index is 13.0. The second-order valence-corrected chi connectivity index (χ2v) is 7.84. The molecule has 1 aromatic carbocycles. The van der Waals surface area contributed by atoms with Crippen molar-refractivity contribution in [1.82, 2.24) is 15.2 Å². The van der Waals surface area contributed by atoms with Crippen molar-refractivity contribution in [3.05, 3.63) is 66.0 Å². The van der Waals surface area contributed by atoms with Crippen LogP contribution in [0.15, 0.2) is 54.9 Å². The van der Waals surface area contributed by atoms with Gasteiger partial charge in [0.1, 0.15) is 0 Å². The third-order valence-electron chi connectivity index (χ3n) is 5.72. The summed E-state index contributed by atoms with van der Waals surface area (Å²) in [6, 6.07) is 14.4. The molecule has 2 unspecified atom stereocenters. The van der Waals surface area contributed by atoms with Gasteiger partial charge < -0.3 is 5.32 Å². The van der Waals surface area contributed by atoms with Crippen LogP contribution in [0.3, 0.4) is 0 Å². The monoisotopic (exact) mass is 365 g/mol. The first-order valence-electron chi connectivity index (χ1n) is 10.1. The third-order valence-corrected chi connectivity index (χ3v) is 5.72. The zero-order chi connectivity index (χ0) is 19.1. The molecule has 2 aromatic rings. The van der Waals surface area contributed by atoms with Gasteiger partial charge in [0.15, 0.2) is 0 Å². The van der Waals surface area contributed by atoms with Gasteiger partial charge in [0.25, 0.3) is 0 Å². The SMILES string of the molecule is CC1CCN(C(C)CNC(=O)C(Cc2ccncc2)c2ccccc2)CC1. The second-order valence-electron chi connectivity index (χ2n) is 7.84. The van der Waals surface area contributed by atoms with Gasteiger partial charge >= 0.3 is 0 Å². The normalized spacial score (nSPS) is 18.0. The Balaban J connectivity index is 1.62. The third kappa shape index (κ3) is 5.64. The number of nitrogens with zero attached hydrogens (tertiary/aromatic N) is 2. The molecule has 1 amide bonds. The summed E-state index contributed by atoms with van der Waals surface area (Å²) in [7, 11) is 0. The summed E-state index contributed by atoms with van der Waals surface area (Å²) in [4.78, 5) is 19.6. The number of nitrogens with one attached hydrogen (secondary N) is 1. The number of amides is 1. The average molecular weight is 366 g/mol. The van der Waals surface area contributed by atoms with E-state index in [4.69, 9.17) is 0 Å². The molecule has 0 bridgehead atoms. The van der Waals surface area contributed by atoms with Crippen LogP contribution in [0.4, 0.5) is 0 Å². The number of carbonyl (C=O) groups excluding carboxylic acids is 1. The fourth-order valence-corrected chi connectivity index (χ4v) is 3.77. The molecule has 0 radical (unpaired) electrons. The molecule has 0 spiro atoms. The van der Waals surface area contributed by atoms with Crippen molar-refractivity contribution in [2.75, 3.05) is 19.6 Å². The number of pyridine rings is 1. The molecule has 1 fully saturated rings. The minimum Gasteiger partial charge on any atom is -0.354 e. The van der Waals surface area contributed by atoms with Crippen LogP contribution in [0.1, 0.15) is 43.7 Å². The Morgan fingerprint density at radius 2 is 1.81 bits per heavy atom. The number of rotatable bonds is 7. The molecule has 3 rings (SSSR count). The molecule has 2 heterocycles. The van der Waals surface area contributed by atoms with Gasteiger partial charge in [-0.3, -0.25) is 14.7 Å². The van der Waals surface area contributed by atoms with Gasteiger partial charge in [0.05, 0.1) is 5.92 Å². The van der Waals surface area contributed by atoms with E-state index in [1.54, 1.807) is 12.4 Å². The van der Waals surface area contributed by atoms with E-state index in [1.165, 1.54) is 12.8 Å². The van der Waals surface area contributed by atoms with Crippen molar-refractivity contribution < 1.29 is 4.79 Å². The molecule has 0 aliphatic carbocycles. The van der Waals surface area contributed by atoms with Crippen molar-refractivity contribution in [2.45, 2.75) is 45.1 Å². The number of aromatic nitrogens is 1. The van der Waals surface area contributed by atoms with E-state index in [2.05, 4.69) is 29.0 Å². The van der Waals surface area contributed by atoms with Crippen molar-refractivity contribution in [2.24, 2.45) is 5.92 Å². The highest BCUT2D eigenvalue weighted by Crippen LogP contribution is 2.22. The fraction of sp³-hybridized carbons (Fsp3) is 0.478. The van der Waals surface area contributed by atoms with E-state index in [1.807, 2.05) is 42.5 Å². The molecule has 0 saturated carbocycles. The molecule has 4 nitrogen and oxygen atoms in total. The highest BCUT2D eigenvalue weighted by Gasteiger charge is 2.24. The molecule has 2 atom stereocenters. The number of benzene rings is 1. The zero-order valence-electron chi connectivity index (χ0n) is 16.5. The summed E-state index contributed by atoms with van der Waals surface area (Å²) in [6.07, 6.45) is 6.78. The maximum absolute atomic E-state index is 13.0. The topological polar surface area (TPSA) is 45.2 Å². The number of hydrogen-bond acceptors (Lipinski definition) is 3. The highest BCUT2D eigenvalue weighted by atomic mass is 16.1. The highest BCUT2D eigenvalue weighted by molar-refractivity contribution is 5.84. The predicted octanol–water partition coefficient (Wildman–Crippen LogP) is 3.64. The smallest absolute Gasteiger partial charge is 0.227 e. The Labute approximate surface area is 163 Å². The Morgan fingerprint density at radius 3 is 2.48 bits per heavy atom. The first-order chi connectivity index (χ1) is 13.1. The van der Waals surface area contributed by atoms with Crippen LogP contribution in [-0.4, -0.2) is 41.5 Å². The van der Waals surface area contributed by atoms with Crippen LogP contribution >= 0.6 is 0 Å². The van der Waals surface area contributed by atoms with Crippen molar-refractivity contribution in [3.63, 3.8) is 0 Å². The van der Waals surface area contributed by atoms with Crippen LogP contribution in [0.2, 0.25) is 0 Å². The number of carbonyl (C=O) groups is 1. The molecule has 144 valence electrons. The molecule has 1 aromatic heterocycles. The summed E-state index contributed by atoms with van der Waals surface area (Å²) in [5.74, 6) is 0.753. The number of likely N-dealkylation sites (tertiary alicyclic amines) is 1. The molecule has 27 heavy (non-hydrogen) atoms. The van der Waals surface area contributed by atoms with Crippen molar-refractivity contribution in [1.29, 1.82) is 0 Å². The molecule has 1 aliphatic rings. The predicted molar refractivity (Wildman–Crippen MR) is 110 cm³/mol. The summed E-state index contributed by atoms with van der Waals surface area (Å²) in [6.45, 7) is 7.52. The average Bonchev–Trinajstić information content (AvgIpc) is 2.72. The largest absolute Gasteiger partial charge is 0.354 e. The molecular weight excluding hydrogens is 334 g/mol. The Hall–Kier alpha value is -2.20. The Morgan fingerprint density at radius 1 is 1.15 bits per heavy atom. The lowest BCUT2D eigenvalue weighted by molar-refractivity contribution is -0.122. The van der Waals surface area contributed by atoms with E-state index >= 15 is 0 Å². The van der Waals surface area contributed by atoms with E-state index in [9.17, 15) is 4.79 Å². The van der Waals surface area contributed by atoms with E-state index in [0.717, 1.165) is 30.1 Å². The van der Waals surface area contributed by atoms with Gasteiger partial charge in [-0.1, -0.05) is 37.3 Å².